The van der Waals surface area contributed by atoms with Crippen LogP contribution in [0.5, 0.6) is 0 Å². The summed E-state index contributed by atoms with van der Waals surface area (Å²) in [7, 11) is 0. The largest absolute Gasteiger partial charge is 0.330 e. The van der Waals surface area contributed by atoms with Crippen molar-refractivity contribution in [3.63, 3.8) is 0 Å². The first-order chi connectivity index (χ1) is 12.3. The van der Waals surface area contributed by atoms with E-state index in [2.05, 4.69) is 53.9 Å². The van der Waals surface area contributed by atoms with Crippen molar-refractivity contribution < 1.29 is 0 Å². The van der Waals surface area contributed by atoms with Gasteiger partial charge in [0.2, 0.25) is 0 Å². The summed E-state index contributed by atoms with van der Waals surface area (Å²) < 4.78 is 2.27. The highest BCUT2D eigenvalue weighted by Gasteiger charge is 2.14. The van der Waals surface area contributed by atoms with Crippen LogP contribution in [0.4, 0.5) is 0 Å². The van der Waals surface area contributed by atoms with Crippen LogP contribution < -0.4 is 0 Å². The molecular formula is C23H36N2. The second kappa shape index (κ2) is 11.9. The van der Waals surface area contributed by atoms with Crippen LogP contribution >= 0.6 is 0 Å². The predicted octanol–water partition coefficient (Wildman–Crippen LogP) is 7.09. The Morgan fingerprint density at radius 2 is 1.52 bits per heavy atom. The van der Waals surface area contributed by atoms with Crippen molar-refractivity contribution in [3.05, 3.63) is 54.1 Å². The van der Waals surface area contributed by atoms with Gasteiger partial charge in [0.15, 0.2) is 0 Å². The summed E-state index contributed by atoms with van der Waals surface area (Å²) in [5.74, 6) is 0. The molecule has 0 radical (unpaired) electrons. The molecule has 2 rings (SSSR count). The number of hydrogen-bond donors (Lipinski definition) is 0. The van der Waals surface area contributed by atoms with E-state index in [-0.39, 0.29) is 0 Å². The van der Waals surface area contributed by atoms with Crippen molar-refractivity contribution in [1.82, 2.24) is 9.55 Å². The molecule has 2 nitrogen and oxygen atoms in total. The molecule has 1 heterocycles. The summed E-state index contributed by atoms with van der Waals surface area (Å²) >= 11 is 0. The highest BCUT2D eigenvalue weighted by Crippen LogP contribution is 2.27. The minimum atomic E-state index is 0.428. The van der Waals surface area contributed by atoms with Gasteiger partial charge in [0, 0.05) is 12.4 Å². The first-order valence-corrected chi connectivity index (χ1v) is 10.4. The maximum atomic E-state index is 4.26. The highest BCUT2D eigenvalue weighted by molar-refractivity contribution is 5.29. The van der Waals surface area contributed by atoms with Crippen molar-refractivity contribution in [2.45, 2.75) is 90.5 Å². The smallest absolute Gasteiger partial charge is 0.0951 e. The lowest BCUT2D eigenvalue weighted by molar-refractivity contribution is 0.486. The third kappa shape index (κ3) is 7.05. The minimum absolute atomic E-state index is 0.428. The van der Waals surface area contributed by atoms with E-state index in [0.717, 1.165) is 0 Å². The molecule has 0 fully saturated rings. The lowest BCUT2D eigenvalue weighted by Gasteiger charge is -2.21. The zero-order valence-electron chi connectivity index (χ0n) is 16.3. The Hall–Kier alpha value is -1.57. The van der Waals surface area contributed by atoms with Crippen LogP contribution in [0.25, 0.3) is 0 Å². The summed E-state index contributed by atoms with van der Waals surface area (Å²) in [5, 5.41) is 0. The first-order valence-electron chi connectivity index (χ1n) is 10.4. The summed E-state index contributed by atoms with van der Waals surface area (Å²) in [6, 6.07) is 9.21. The van der Waals surface area contributed by atoms with Gasteiger partial charge in [-0.15, -0.1) is 0 Å². The molecule has 138 valence electrons. The quantitative estimate of drug-likeness (QED) is 0.356. The van der Waals surface area contributed by atoms with Gasteiger partial charge in [-0.2, -0.15) is 0 Å². The van der Waals surface area contributed by atoms with Gasteiger partial charge < -0.3 is 4.57 Å². The zero-order valence-corrected chi connectivity index (χ0v) is 16.3. The molecule has 0 bridgehead atoms. The molecular weight excluding hydrogens is 304 g/mol. The van der Waals surface area contributed by atoms with E-state index in [1.54, 1.807) is 0 Å². The number of hydrogen-bond acceptors (Lipinski definition) is 1. The molecule has 1 unspecified atom stereocenters. The molecule has 1 aromatic carbocycles. The van der Waals surface area contributed by atoms with Crippen LogP contribution in [0.15, 0.2) is 43.0 Å². The molecule has 0 N–H and O–H groups in total. The fraction of sp³-hybridized carbons (Fsp3) is 0.609. The van der Waals surface area contributed by atoms with E-state index in [1.165, 1.54) is 81.8 Å². The number of imidazole rings is 1. The summed E-state index contributed by atoms with van der Waals surface area (Å²) in [6.45, 7) is 4.51. The predicted molar refractivity (Wildman–Crippen MR) is 108 cm³/mol. The molecule has 0 saturated carbocycles. The van der Waals surface area contributed by atoms with Crippen LogP contribution in [-0.4, -0.2) is 9.55 Å². The maximum Gasteiger partial charge on any atom is 0.0951 e. The van der Waals surface area contributed by atoms with E-state index in [0.29, 0.717) is 6.04 Å². The van der Waals surface area contributed by atoms with Gasteiger partial charge in [-0.1, -0.05) is 95.4 Å². The van der Waals surface area contributed by atoms with Crippen LogP contribution in [0.1, 0.15) is 94.7 Å². The first kappa shape index (κ1) is 19.8. The van der Waals surface area contributed by atoms with Gasteiger partial charge in [0.1, 0.15) is 0 Å². The normalized spacial score (nSPS) is 12.4. The summed E-state index contributed by atoms with van der Waals surface area (Å²) in [6.07, 6.45) is 21.1. The fourth-order valence-corrected chi connectivity index (χ4v) is 3.70. The average molecular weight is 341 g/mol. The lowest BCUT2D eigenvalue weighted by atomic mass is 9.96. The fourth-order valence-electron chi connectivity index (χ4n) is 3.70. The number of nitrogens with zero attached hydrogens (tertiary/aromatic N) is 2. The number of aryl methyl sites for hydroxylation is 1. The number of aromatic nitrogens is 2. The molecule has 0 aliphatic carbocycles. The Kier molecular flexibility index (Phi) is 9.40. The lowest BCUT2D eigenvalue weighted by Crippen LogP contribution is -2.10. The monoisotopic (exact) mass is 340 g/mol. The van der Waals surface area contributed by atoms with Gasteiger partial charge in [-0.05, 0) is 24.5 Å². The number of rotatable bonds is 13. The Morgan fingerprint density at radius 3 is 2.12 bits per heavy atom. The van der Waals surface area contributed by atoms with Gasteiger partial charge in [-0.25, -0.2) is 4.98 Å². The molecule has 2 aromatic rings. The SMILES string of the molecule is CCCCCCCCCCCCC(c1ccccc1C)n1ccnc1. The number of benzene rings is 1. The van der Waals surface area contributed by atoms with Gasteiger partial charge in [-0.3, -0.25) is 0 Å². The minimum Gasteiger partial charge on any atom is -0.330 e. The molecule has 0 aliphatic heterocycles. The van der Waals surface area contributed by atoms with E-state index < -0.39 is 0 Å². The molecule has 0 spiro atoms. The molecule has 1 aromatic heterocycles. The van der Waals surface area contributed by atoms with E-state index in [9.17, 15) is 0 Å². The Balaban J connectivity index is 1.70. The molecule has 0 saturated heterocycles. The van der Waals surface area contributed by atoms with Crippen molar-refractivity contribution in [2.24, 2.45) is 0 Å². The van der Waals surface area contributed by atoms with Crippen LogP contribution in [0, 0.1) is 6.92 Å². The van der Waals surface area contributed by atoms with Crippen molar-refractivity contribution in [3.8, 4) is 0 Å². The zero-order chi connectivity index (χ0) is 17.7. The molecule has 0 amide bonds. The van der Waals surface area contributed by atoms with Crippen molar-refractivity contribution in [1.29, 1.82) is 0 Å². The Bertz CT molecular complexity index is 559. The maximum absolute atomic E-state index is 4.26. The Morgan fingerprint density at radius 1 is 0.880 bits per heavy atom. The van der Waals surface area contributed by atoms with Crippen LogP contribution in [0.2, 0.25) is 0 Å². The van der Waals surface area contributed by atoms with E-state index >= 15 is 0 Å². The summed E-state index contributed by atoms with van der Waals surface area (Å²) in [4.78, 5) is 4.26. The molecule has 25 heavy (non-hydrogen) atoms. The van der Waals surface area contributed by atoms with Crippen molar-refractivity contribution in [2.75, 3.05) is 0 Å². The Labute approximate surface area is 154 Å². The highest BCUT2D eigenvalue weighted by atomic mass is 15.0. The molecule has 2 heteroatoms. The van der Waals surface area contributed by atoms with Crippen LogP contribution in [0.3, 0.4) is 0 Å². The van der Waals surface area contributed by atoms with Crippen molar-refractivity contribution >= 4 is 0 Å². The van der Waals surface area contributed by atoms with E-state index in [4.69, 9.17) is 0 Å². The van der Waals surface area contributed by atoms with Gasteiger partial charge >= 0.3 is 0 Å². The second-order valence-corrected chi connectivity index (χ2v) is 7.35. The van der Waals surface area contributed by atoms with Gasteiger partial charge in [0.05, 0.1) is 12.4 Å². The number of unbranched alkanes of at least 4 members (excludes halogenated alkanes) is 9. The third-order valence-electron chi connectivity index (χ3n) is 5.26. The summed E-state index contributed by atoms with van der Waals surface area (Å²) in [5.41, 5.74) is 2.82. The topological polar surface area (TPSA) is 17.8 Å². The van der Waals surface area contributed by atoms with Gasteiger partial charge in [0.25, 0.3) is 0 Å². The third-order valence-corrected chi connectivity index (χ3v) is 5.26. The standard InChI is InChI=1S/C23H36N2/c1-3-4-5-6-7-8-9-10-11-12-17-23(25-19-18-24-20-25)22-16-14-13-15-21(22)2/h13-16,18-20,23H,3-12,17H2,1-2H3. The molecule has 0 aliphatic rings. The van der Waals surface area contributed by atoms with E-state index in [1.807, 2.05) is 12.5 Å². The average Bonchev–Trinajstić information content (AvgIpc) is 3.15. The second-order valence-electron chi connectivity index (χ2n) is 7.35. The molecule has 1 atom stereocenters. The van der Waals surface area contributed by atoms with Crippen LogP contribution in [-0.2, 0) is 0 Å².